The van der Waals surface area contributed by atoms with Crippen LogP contribution in [0.4, 0.5) is 23.7 Å². The number of carbonyl (C=O) groups is 3. The van der Waals surface area contributed by atoms with Crippen LogP contribution in [0.2, 0.25) is 5.02 Å². The van der Waals surface area contributed by atoms with Crippen molar-refractivity contribution in [2.75, 3.05) is 11.9 Å². The second-order valence-electron chi connectivity index (χ2n) is 7.71. The number of fused-ring (bicyclic) bond motifs is 1. The molecule has 2 N–H and O–H groups in total. The van der Waals surface area contributed by atoms with Gasteiger partial charge in [0.15, 0.2) is 0 Å². The van der Waals surface area contributed by atoms with E-state index in [0.717, 1.165) is 27.8 Å². The molecule has 0 aromatic heterocycles. The van der Waals surface area contributed by atoms with Crippen molar-refractivity contribution < 1.29 is 27.6 Å². The van der Waals surface area contributed by atoms with Gasteiger partial charge in [-0.25, -0.2) is 4.79 Å². The second-order valence-corrected chi connectivity index (χ2v) is 8.12. The first kappa shape index (κ1) is 22.6. The van der Waals surface area contributed by atoms with Crippen LogP contribution in [0.3, 0.4) is 0 Å². The molecule has 1 aliphatic heterocycles. The van der Waals surface area contributed by atoms with E-state index >= 15 is 0 Å². The summed E-state index contributed by atoms with van der Waals surface area (Å²) in [4.78, 5) is 39.0. The third kappa shape index (κ3) is 4.11. The van der Waals surface area contributed by atoms with Crippen molar-refractivity contribution in [3.8, 4) is 0 Å². The number of urea groups is 1. The van der Waals surface area contributed by atoms with Gasteiger partial charge in [-0.2, -0.15) is 13.2 Å². The Morgan fingerprint density at radius 3 is 2.52 bits per heavy atom. The zero-order chi connectivity index (χ0) is 24.0. The highest BCUT2D eigenvalue weighted by Crippen LogP contribution is 2.35. The normalized spacial score (nSPS) is 18.5. The summed E-state index contributed by atoms with van der Waals surface area (Å²) in [6.07, 6.45) is -4.63. The quantitative estimate of drug-likeness (QED) is 0.526. The van der Waals surface area contributed by atoms with Gasteiger partial charge in [-0.15, -0.1) is 0 Å². The number of carbonyl (C=O) groups excluding carboxylic acids is 3. The largest absolute Gasteiger partial charge is 0.416 e. The molecule has 1 heterocycles. The Morgan fingerprint density at radius 2 is 1.79 bits per heavy atom. The van der Waals surface area contributed by atoms with Crippen LogP contribution in [-0.4, -0.2) is 29.3 Å². The fraction of sp³-hybridized carbons (Fsp3) is 0.174. The summed E-state index contributed by atoms with van der Waals surface area (Å²) < 4.78 is 38.9. The lowest BCUT2D eigenvalue weighted by atomic mass is 9.88. The molecule has 1 atom stereocenters. The minimum atomic E-state index is -4.63. The van der Waals surface area contributed by atoms with Crippen LogP contribution >= 0.6 is 11.6 Å². The summed E-state index contributed by atoms with van der Waals surface area (Å²) in [6, 6.07) is 14.4. The Morgan fingerprint density at radius 1 is 1.09 bits per heavy atom. The maximum atomic E-state index is 13.2. The summed E-state index contributed by atoms with van der Waals surface area (Å²) >= 11 is 5.90. The highest BCUT2D eigenvalue weighted by molar-refractivity contribution is 6.33. The van der Waals surface area contributed by atoms with E-state index in [9.17, 15) is 27.6 Å². The fourth-order valence-corrected chi connectivity index (χ4v) is 3.98. The zero-order valence-corrected chi connectivity index (χ0v) is 17.9. The number of alkyl halides is 3. The lowest BCUT2D eigenvalue weighted by Crippen LogP contribution is -2.42. The lowest BCUT2D eigenvalue weighted by molar-refractivity contribution is -0.137. The maximum absolute atomic E-state index is 13.2. The van der Waals surface area contributed by atoms with E-state index in [2.05, 4.69) is 10.6 Å². The number of amides is 4. The fourth-order valence-electron chi connectivity index (χ4n) is 3.82. The van der Waals surface area contributed by atoms with E-state index in [1.807, 2.05) is 24.3 Å². The summed E-state index contributed by atoms with van der Waals surface area (Å²) in [7, 11) is 0. The summed E-state index contributed by atoms with van der Waals surface area (Å²) in [5.41, 5.74) is -2.14. The SMILES string of the molecule is CC1(c2cccc3ccccc23)NC(=O)N(CC(=O)Nc2cc(C(F)(F)F)ccc2Cl)C1=O. The van der Waals surface area contributed by atoms with Crippen molar-refractivity contribution >= 4 is 45.9 Å². The minimum Gasteiger partial charge on any atom is -0.323 e. The molecule has 6 nitrogen and oxygen atoms in total. The molecular weight excluding hydrogens is 459 g/mol. The number of imide groups is 1. The number of nitrogens with zero attached hydrogens (tertiary/aromatic N) is 1. The summed E-state index contributed by atoms with van der Waals surface area (Å²) in [5, 5.41) is 6.39. The molecule has 0 bridgehead atoms. The predicted molar refractivity (Wildman–Crippen MR) is 117 cm³/mol. The Bertz CT molecular complexity index is 1290. The molecule has 1 aliphatic rings. The minimum absolute atomic E-state index is 0.117. The van der Waals surface area contributed by atoms with Crippen LogP contribution in [-0.2, 0) is 21.3 Å². The van der Waals surface area contributed by atoms with Gasteiger partial charge in [-0.05, 0) is 41.5 Å². The Kier molecular flexibility index (Phi) is 5.53. The number of nitrogens with one attached hydrogen (secondary N) is 2. The number of hydrogen-bond donors (Lipinski definition) is 2. The van der Waals surface area contributed by atoms with Crippen LogP contribution in [0, 0.1) is 0 Å². The third-order valence-corrected chi connectivity index (χ3v) is 5.80. The van der Waals surface area contributed by atoms with Crippen LogP contribution < -0.4 is 10.6 Å². The van der Waals surface area contributed by atoms with E-state index < -0.39 is 41.7 Å². The molecule has 10 heteroatoms. The van der Waals surface area contributed by atoms with Crippen LogP contribution in [0.25, 0.3) is 10.8 Å². The molecular formula is C23H17ClF3N3O3. The zero-order valence-electron chi connectivity index (χ0n) is 17.2. The van der Waals surface area contributed by atoms with Gasteiger partial charge in [0.2, 0.25) is 5.91 Å². The Hall–Kier alpha value is -3.59. The molecule has 170 valence electrons. The van der Waals surface area contributed by atoms with Crippen LogP contribution in [0.15, 0.2) is 60.7 Å². The first-order valence-electron chi connectivity index (χ1n) is 9.79. The molecule has 1 fully saturated rings. The van der Waals surface area contributed by atoms with E-state index in [0.29, 0.717) is 11.6 Å². The van der Waals surface area contributed by atoms with E-state index in [1.165, 1.54) is 6.92 Å². The molecule has 3 aromatic carbocycles. The molecule has 4 amide bonds. The topological polar surface area (TPSA) is 78.5 Å². The van der Waals surface area contributed by atoms with Gasteiger partial charge < -0.3 is 10.6 Å². The van der Waals surface area contributed by atoms with Gasteiger partial charge in [-0.3, -0.25) is 14.5 Å². The van der Waals surface area contributed by atoms with E-state index in [4.69, 9.17) is 11.6 Å². The number of anilines is 1. The van der Waals surface area contributed by atoms with Crippen molar-refractivity contribution in [2.24, 2.45) is 0 Å². The lowest BCUT2D eigenvalue weighted by Gasteiger charge is -2.24. The first-order chi connectivity index (χ1) is 15.5. The number of benzene rings is 3. The Labute approximate surface area is 191 Å². The maximum Gasteiger partial charge on any atom is 0.416 e. The van der Waals surface area contributed by atoms with Gasteiger partial charge in [0.1, 0.15) is 12.1 Å². The van der Waals surface area contributed by atoms with Gasteiger partial charge in [0.05, 0.1) is 16.3 Å². The van der Waals surface area contributed by atoms with Crippen molar-refractivity contribution in [1.29, 1.82) is 0 Å². The van der Waals surface area contributed by atoms with Crippen molar-refractivity contribution in [3.05, 3.63) is 76.8 Å². The monoisotopic (exact) mass is 475 g/mol. The molecule has 33 heavy (non-hydrogen) atoms. The van der Waals surface area contributed by atoms with Gasteiger partial charge in [0, 0.05) is 0 Å². The number of rotatable bonds is 4. The van der Waals surface area contributed by atoms with Crippen molar-refractivity contribution in [2.45, 2.75) is 18.6 Å². The predicted octanol–water partition coefficient (Wildman–Crippen LogP) is 4.92. The molecule has 1 saturated heterocycles. The summed E-state index contributed by atoms with van der Waals surface area (Å²) in [6.45, 7) is 0.841. The summed E-state index contributed by atoms with van der Waals surface area (Å²) in [5.74, 6) is -1.53. The molecule has 0 saturated carbocycles. The van der Waals surface area contributed by atoms with Gasteiger partial charge in [0.25, 0.3) is 5.91 Å². The second kappa shape index (κ2) is 8.08. The van der Waals surface area contributed by atoms with Crippen molar-refractivity contribution in [1.82, 2.24) is 10.2 Å². The van der Waals surface area contributed by atoms with E-state index in [1.54, 1.807) is 18.2 Å². The van der Waals surface area contributed by atoms with E-state index in [-0.39, 0.29) is 10.7 Å². The number of halogens is 4. The molecule has 0 aliphatic carbocycles. The highest BCUT2D eigenvalue weighted by atomic mass is 35.5. The average Bonchev–Trinajstić information content (AvgIpc) is 2.97. The average molecular weight is 476 g/mol. The van der Waals surface area contributed by atoms with Crippen LogP contribution in [0.5, 0.6) is 0 Å². The number of hydrogen-bond acceptors (Lipinski definition) is 3. The van der Waals surface area contributed by atoms with Gasteiger partial charge in [-0.1, -0.05) is 54.1 Å². The third-order valence-electron chi connectivity index (χ3n) is 5.47. The van der Waals surface area contributed by atoms with Crippen molar-refractivity contribution in [3.63, 3.8) is 0 Å². The first-order valence-corrected chi connectivity index (χ1v) is 10.2. The van der Waals surface area contributed by atoms with Gasteiger partial charge >= 0.3 is 12.2 Å². The molecule has 4 rings (SSSR count). The molecule has 3 aromatic rings. The smallest absolute Gasteiger partial charge is 0.323 e. The molecule has 1 unspecified atom stereocenters. The van der Waals surface area contributed by atoms with Crippen LogP contribution in [0.1, 0.15) is 18.1 Å². The Balaban J connectivity index is 1.57. The highest BCUT2D eigenvalue weighted by Gasteiger charge is 2.50. The standard InChI is InChI=1S/C23H17ClF3N3O3/c1-22(16-8-4-6-13-5-2-3-7-15(13)16)20(32)30(21(33)29-22)12-19(31)28-18-11-14(23(25,26)27)9-10-17(18)24/h2-11H,12H2,1H3,(H,28,31)(H,29,33). The molecule has 0 radical (unpaired) electrons. The molecule has 0 spiro atoms.